The van der Waals surface area contributed by atoms with Gasteiger partial charge >= 0.3 is 0 Å². The number of hydrogen-bond donors (Lipinski definition) is 0. The third-order valence-corrected chi connectivity index (χ3v) is 2.27. The summed E-state index contributed by atoms with van der Waals surface area (Å²) in [5, 5.41) is 11.1. The lowest BCUT2D eigenvalue weighted by Gasteiger charge is -1.95. The molecule has 0 saturated carbocycles. The second-order valence-electron chi connectivity index (χ2n) is 3.63. The maximum atomic E-state index is 3.91. The van der Waals surface area contributed by atoms with Crippen molar-refractivity contribution in [3.8, 4) is 0 Å². The van der Waals surface area contributed by atoms with E-state index in [1.165, 1.54) is 11.1 Å². The van der Waals surface area contributed by atoms with Crippen LogP contribution in [0.3, 0.4) is 0 Å². The predicted octanol–water partition coefficient (Wildman–Crippen LogP) is 2.44. The van der Waals surface area contributed by atoms with E-state index < -0.39 is 0 Å². The molecule has 0 amide bonds. The lowest BCUT2D eigenvalue weighted by molar-refractivity contribution is 0.825. The van der Waals surface area contributed by atoms with E-state index in [9.17, 15) is 0 Å². The van der Waals surface area contributed by atoms with Crippen LogP contribution < -0.4 is 0 Å². The van der Waals surface area contributed by atoms with E-state index in [1.54, 1.807) is 6.20 Å². The average molecular weight is 211 g/mol. The fraction of sp³-hybridized carbons (Fsp3) is 0.154. The Morgan fingerprint density at radius 2 is 1.94 bits per heavy atom. The molecule has 2 aromatic rings. The van der Waals surface area contributed by atoms with Crippen LogP contribution >= 0.6 is 0 Å². The number of allylic oxidation sites excluding steroid dienone is 1. The highest BCUT2D eigenvalue weighted by Crippen LogP contribution is 2.05. The van der Waals surface area contributed by atoms with Crippen LogP contribution in [0.2, 0.25) is 0 Å². The third-order valence-electron chi connectivity index (χ3n) is 2.27. The molecule has 0 bridgehead atoms. The molecule has 0 aliphatic rings. The standard InChI is InChI=1S/C13H13N3/c1-11-5-7-12(8-6-11)3-2-4-13-9-10-14-16-15-13/h2-3,5-10H,4H2,1H3. The zero-order valence-electron chi connectivity index (χ0n) is 9.17. The molecular weight excluding hydrogens is 198 g/mol. The van der Waals surface area contributed by atoms with Crippen LogP contribution in [0.25, 0.3) is 6.08 Å². The molecule has 0 spiro atoms. The van der Waals surface area contributed by atoms with Crippen molar-refractivity contribution in [2.75, 3.05) is 0 Å². The molecule has 0 fully saturated rings. The molecule has 0 aliphatic carbocycles. The Labute approximate surface area is 94.9 Å². The van der Waals surface area contributed by atoms with Crippen LogP contribution in [-0.4, -0.2) is 15.4 Å². The van der Waals surface area contributed by atoms with E-state index in [0.717, 1.165) is 12.1 Å². The van der Waals surface area contributed by atoms with Crippen molar-refractivity contribution in [2.24, 2.45) is 0 Å². The molecule has 0 radical (unpaired) electrons. The molecule has 0 aliphatic heterocycles. The fourth-order valence-electron chi connectivity index (χ4n) is 1.37. The van der Waals surface area contributed by atoms with Crippen LogP contribution in [0.1, 0.15) is 16.8 Å². The topological polar surface area (TPSA) is 38.7 Å². The Morgan fingerprint density at radius 1 is 1.12 bits per heavy atom. The van der Waals surface area contributed by atoms with Crippen molar-refractivity contribution in [3.63, 3.8) is 0 Å². The van der Waals surface area contributed by atoms with Crippen LogP contribution in [0.4, 0.5) is 0 Å². The summed E-state index contributed by atoms with van der Waals surface area (Å²) < 4.78 is 0. The van der Waals surface area contributed by atoms with Gasteiger partial charge in [0.1, 0.15) is 0 Å². The maximum Gasteiger partial charge on any atom is 0.0702 e. The first-order valence-electron chi connectivity index (χ1n) is 5.21. The van der Waals surface area contributed by atoms with Crippen molar-refractivity contribution in [1.29, 1.82) is 0 Å². The lowest BCUT2D eigenvalue weighted by atomic mass is 10.1. The second kappa shape index (κ2) is 5.16. The van der Waals surface area contributed by atoms with Crippen LogP contribution in [0.5, 0.6) is 0 Å². The first kappa shape index (κ1) is 10.5. The summed E-state index contributed by atoms with van der Waals surface area (Å²) in [7, 11) is 0. The number of benzene rings is 1. The molecule has 16 heavy (non-hydrogen) atoms. The fourth-order valence-corrected chi connectivity index (χ4v) is 1.37. The highest BCUT2D eigenvalue weighted by molar-refractivity contribution is 5.49. The van der Waals surface area contributed by atoms with Gasteiger partial charge < -0.3 is 0 Å². The number of hydrogen-bond acceptors (Lipinski definition) is 3. The summed E-state index contributed by atoms with van der Waals surface area (Å²) >= 11 is 0. The molecule has 0 N–H and O–H groups in total. The zero-order valence-corrected chi connectivity index (χ0v) is 9.17. The van der Waals surface area contributed by atoms with Crippen molar-refractivity contribution in [1.82, 2.24) is 15.4 Å². The maximum absolute atomic E-state index is 3.91. The van der Waals surface area contributed by atoms with Crippen LogP contribution in [0, 0.1) is 6.92 Å². The van der Waals surface area contributed by atoms with Crippen molar-refractivity contribution >= 4 is 6.08 Å². The van der Waals surface area contributed by atoms with Crippen LogP contribution in [0.15, 0.2) is 42.6 Å². The Kier molecular flexibility index (Phi) is 3.38. The summed E-state index contributed by atoms with van der Waals surface area (Å²) in [4.78, 5) is 0. The SMILES string of the molecule is Cc1ccc(C=CCc2ccnnn2)cc1. The van der Waals surface area contributed by atoms with Gasteiger partial charge in [-0.25, -0.2) is 0 Å². The monoisotopic (exact) mass is 211 g/mol. The van der Waals surface area contributed by atoms with Gasteiger partial charge in [-0.3, -0.25) is 0 Å². The lowest BCUT2D eigenvalue weighted by Crippen LogP contribution is -1.91. The van der Waals surface area contributed by atoms with Gasteiger partial charge in [-0.1, -0.05) is 42.0 Å². The van der Waals surface area contributed by atoms with E-state index >= 15 is 0 Å². The molecule has 1 heterocycles. The Balaban J connectivity index is 1.98. The van der Waals surface area contributed by atoms with Crippen molar-refractivity contribution < 1.29 is 0 Å². The largest absolute Gasteiger partial charge is 0.139 e. The molecule has 1 aromatic heterocycles. The minimum Gasteiger partial charge on any atom is -0.139 e. The minimum atomic E-state index is 0.781. The molecule has 0 atom stereocenters. The van der Waals surface area contributed by atoms with Gasteiger partial charge in [0.15, 0.2) is 0 Å². The van der Waals surface area contributed by atoms with Gasteiger partial charge in [0, 0.05) is 6.42 Å². The highest BCUT2D eigenvalue weighted by atomic mass is 15.3. The number of aromatic nitrogens is 3. The van der Waals surface area contributed by atoms with Gasteiger partial charge in [0.05, 0.1) is 11.9 Å². The number of nitrogens with zero attached hydrogens (tertiary/aromatic N) is 3. The number of rotatable bonds is 3. The summed E-state index contributed by atoms with van der Waals surface area (Å²) in [5.74, 6) is 0. The number of aryl methyl sites for hydroxylation is 1. The van der Waals surface area contributed by atoms with E-state index in [0.29, 0.717) is 0 Å². The van der Waals surface area contributed by atoms with Crippen molar-refractivity contribution in [3.05, 3.63) is 59.4 Å². The first-order chi connectivity index (χ1) is 7.84. The van der Waals surface area contributed by atoms with Gasteiger partial charge in [-0.15, -0.1) is 10.2 Å². The Bertz CT molecular complexity index is 460. The minimum absolute atomic E-state index is 0.781. The first-order valence-corrected chi connectivity index (χ1v) is 5.21. The smallest absolute Gasteiger partial charge is 0.0702 e. The molecular formula is C13H13N3. The van der Waals surface area contributed by atoms with Crippen LogP contribution in [-0.2, 0) is 6.42 Å². The molecule has 3 heteroatoms. The van der Waals surface area contributed by atoms with Gasteiger partial charge in [0.25, 0.3) is 0 Å². The summed E-state index contributed by atoms with van der Waals surface area (Å²) in [6.45, 7) is 2.08. The quantitative estimate of drug-likeness (QED) is 0.782. The summed E-state index contributed by atoms with van der Waals surface area (Å²) in [5.41, 5.74) is 3.41. The molecule has 0 saturated heterocycles. The second-order valence-corrected chi connectivity index (χ2v) is 3.63. The molecule has 2 rings (SSSR count). The molecule has 0 unspecified atom stereocenters. The highest BCUT2D eigenvalue weighted by Gasteiger charge is 1.90. The third kappa shape index (κ3) is 2.98. The Morgan fingerprint density at radius 3 is 2.62 bits per heavy atom. The van der Waals surface area contributed by atoms with Gasteiger partial charge in [0.2, 0.25) is 0 Å². The molecule has 80 valence electrons. The summed E-state index contributed by atoms with van der Waals surface area (Å²) in [6.07, 6.45) is 6.60. The average Bonchev–Trinajstić information content (AvgIpc) is 2.33. The van der Waals surface area contributed by atoms with E-state index in [-0.39, 0.29) is 0 Å². The van der Waals surface area contributed by atoms with E-state index in [2.05, 4.69) is 58.8 Å². The molecule has 1 aromatic carbocycles. The Hall–Kier alpha value is -2.03. The normalized spacial score (nSPS) is 10.8. The predicted molar refractivity (Wildman–Crippen MR) is 63.7 cm³/mol. The summed E-state index contributed by atoms with van der Waals surface area (Å²) in [6, 6.07) is 10.3. The van der Waals surface area contributed by atoms with E-state index in [4.69, 9.17) is 0 Å². The van der Waals surface area contributed by atoms with E-state index in [1.807, 2.05) is 6.07 Å². The molecule has 3 nitrogen and oxygen atoms in total. The van der Waals surface area contributed by atoms with Gasteiger partial charge in [-0.05, 0) is 23.8 Å². The zero-order chi connectivity index (χ0) is 11.2. The van der Waals surface area contributed by atoms with Crippen molar-refractivity contribution in [2.45, 2.75) is 13.3 Å². The van der Waals surface area contributed by atoms with Gasteiger partial charge in [-0.2, -0.15) is 0 Å².